The van der Waals surface area contributed by atoms with Crippen LogP contribution in [0.15, 0.2) is 46.9 Å². The van der Waals surface area contributed by atoms with Gasteiger partial charge in [0.05, 0.1) is 17.6 Å². The minimum absolute atomic E-state index is 0.304. The quantitative estimate of drug-likeness (QED) is 0.850. The smallest absolute Gasteiger partial charge is 0.256 e. The summed E-state index contributed by atoms with van der Waals surface area (Å²) in [7, 11) is -3.40. The van der Waals surface area contributed by atoms with E-state index in [-0.39, 0.29) is 5.91 Å². The van der Waals surface area contributed by atoms with Crippen LogP contribution < -0.4 is 10.0 Å². The first-order valence-corrected chi connectivity index (χ1v) is 9.09. The highest BCUT2D eigenvalue weighted by Crippen LogP contribution is 2.24. The van der Waals surface area contributed by atoms with Crippen molar-refractivity contribution < 1.29 is 13.2 Å². The molecule has 7 heteroatoms. The van der Waals surface area contributed by atoms with E-state index in [1.807, 2.05) is 18.2 Å². The molecule has 2 N–H and O–H groups in total. The van der Waals surface area contributed by atoms with Crippen LogP contribution in [0.1, 0.15) is 15.9 Å². The van der Waals surface area contributed by atoms with Crippen molar-refractivity contribution in [2.24, 2.45) is 0 Å². The van der Waals surface area contributed by atoms with Crippen LogP contribution in [0.4, 0.5) is 11.4 Å². The molecule has 2 rings (SSSR count). The number of hydrogen-bond donors (Lipinski definition) is 2. The van der Waals surface area contributed by atoms with Gasteiger partial charge in [0.25, 0.3) is 5.91 Å². The fraction of sp³-hybridized carbons (Fsp3) is 0.133. The van der Waals surface area contributed by atoms with Crippen LogP contribution in [0.25, 0.3) is 0 Å². The maximum Gasteiger partial charge on any atom is 0.256 e. The van der Waals surface area contributed by atoms with Gasteiger partial charge in [-0.2, -0.15) is 0 Å². The highest BCUT2D eigenvalue weighted by Gasteiger charge is 2.14. The molecular weight excluding hydrogens is 368 g/mol. The van der Waals surface area contributed by atoms with E-state index in [0.29, 0.717) is 22.5 Å². The largest absolute Gasteiger partial charge is 0.321 e. The number of halogens is 1. The Morgan fingerprint density at radius 3 is 2.32 bits per heavy atom. The number of benzene rings is 2. The summed E-state index contributed by atoms with van der Waals surface area (Å²) in [6.45, 7) is 1.70. The lowest BCUT2D eigenvalue weighted by atomic mass is 10.1. The van der Waals surface area contributed by atoms with E-state index in [2.05, 4.69) is 26.0 Å². The molecule has 0 fully saturated rings. The molecule has 0 atom stereocenters. The number of para-hydroxylation sites is 1. The highest BCUT2D eigenvalue weighted by atomic mass is 79.9. The molecule has 0 saturated carbocycles. The second kappa shape index (κ2) is 6.50. The first kappa shape index (κ1) is 16.5. The molecule has 0 aromatic heterocycles. The van der Waals surface area contributed by atoms with Crippen LogP contribution in [0, 0.1) is 6.92 Å². The van der Waals surface area contributed by atoms with E-state index in [4.69, 9.17) is 0 Å². The predicted molar refractivity (Wildman–Crippen MR) is 91.7 cm³/mol. The molecular formula is C15H15BrN2O3S. The molecule has 116 valence electrons. The molecule has 5 nitrogen and oxygen atoms in total. The fourth-order valence-electron chi connectivity index (χ4n) is 1.94. The number of carbonyl (C=O) groups is 1. The van der Waals surface area contributed by atoms with Gasteiger partial charge in [0, 0.05) is 10.0 Å². The third kappa shape index (κ3) is 4.08. The summed E-state index contributed by atoms with van der Waals surface area (Å²) in [5, 5.41) is 2.79. The number of hydrogen-bond acceptors (Lipinski definition) is 3. The highest BCUT2D eigenvalue weighted by molar-refractivity contribution is 9.10. The van der Waals surface area contributed by atoms with Crippen molar-refractivity contribution in [1.82, 2.24) is 0 Å². The van der Waals surface area contributed by atoms with Gasteiger partial charge in [-0.15, -0.1) is 0 Å². The second-order valence-corrected chi connectivity index (χ2v) is 7.39. The normalized spacial score (nSPS) is 11.0. The van der Waals surface area contributed by atoms with E-state index in [1.54, 1.807) is 31.2 Å². The van der Waals surface area contributed by atoms with Gasteiger partial charge >= 0.3 is 0 Å². The van der Waals surface area contributed by atoms with Gasteiger partial charge < -0.3 is 5.32 Å². The zero-order valence-corrected chi connectivity index (χ0v) is 14.5. The Morgan fingerprint density at radius 1 is 1.05 bits per heavy atom. The zero-order valence-electron chi connectivity index (χ0n) is 12.1. The lowest BCUT2D eigenvalue weighted by Crippen LogP contribution is -2.16. The number of sulfonamides is 1. The summed E-state index contributed by atoms with van der Waals surface area (Å²) in [6.07, 6.45) is 1.07. The summed E-state index contributed by atoms with van der Waals surface area (Å²) in [5.41, 5.74) is 2.01. The third-order valence-corrected chi connectivity index (χ3v) is 4.28. The van der Waals surface area contributed by atoms with Crippen LogP contribution in [0.5, 0.6) is 0 Å². The van der Waals surface area contributed by atoms with Gasteiger partial charge in [-0.3, -0.25) is 9.52 Å². The maximum atomic E-state index is 12.4. The molecule has 0 aliphatic heterocycles. The minimum Gasteiger partial charge on any atom is -0.321 e. The number of carbonyl (C=O) groups excluding carboxylic acids is 1. The molecule has 22 heavy (non-hydrogen) atoms. The van der Waals surface area contributed by atoms with E-state index in [9.17, 15) is 13.2 Å². The third-order valence-electron chi connectivity index (χ3n) is 3.00. The van der Waals surface area contributed by atoms with Crippen molar-refractivity contribution in [1.29, 1.82) is 0 Å². The maximum absolute atomic E-state index is 12.4. The Bertz CT molecular complexity index is 819. The molecule has 0 unspecified atom stereocenters. The SMILES string of the molecule is Cc1c(NS(C)(=O)=O)cccc1C(=O)Nc1ccccc1Br. The van der Waals surface area contributed by atoms with Gasteiger partial charge in [-0.1, -0.05) is 18.2 Å². The van der Waals surface area contributed by atoms with Crippen LogP contribution in [0.2, 0.25) is 0 Å². The Kier molecular flexibility index (Phi) is 4.87. The van der Waals surface area contributed by atoms with Crippen molar-refractivity contribution in [2.45, 2.75) is 6.92 Å². The summed E-state index contributed by atoms with van der Waals surface area (Å²) in [4.78, 5) is 12.4. The number of anilines is 2. The fourth-order valence-corrected chi connectivity index (χ4v) is 2.95. The molecule has 0 bridgehead atoms. The van der Waals surface area contributed by atoms with Crippen molar-refractivity contribution in [2.75, 3.05) is 16.3 Å². The standard InChI is InChI=1S/C15H15BrN2O3S/c1-10-11(6-5-9-13(10)18-22(2,20)21)15(19)17-14-8-4-3-7-12(14)16/h3-9,18H,1-2H3,(H,17,19). The van der Waals surface area contributed by atoms with Crippen molar-refractivity contribution in [3.05, 3.63) is 58.1 Å². The van der Waals surface area contributed by atoms with Crippen molar-refractivity contribution in [3.8, 4) is 0 Å². The summed E-state index contributed by atoms with van der Waals surface area (Å²) in [5.74, 6) is -0.304. The summed E-state index contributed by atoms with van der Waals surface area (Å²) in [6, 6.07) is 12.2. The summed E-state index contributed by atoms with van der Waals surface area (Å²) < 4.78 is 25.9. The Hall–Kier alpha value is -1.86. The van der Waals surface area contributed by atoms with E-state index >= 15 is 0 Å². The van der Waals surface area contributed by atoms with Crippen LogP contribution >= 0.6 is 15.9 Å². The van der Waals surface area contributed by atoms with Crippen molar-refractivity contribution in [3.63, 3.8) is 0 Å². The Labute approximate surface area is 137 Å². The molecule has 0 saturated heterocycles. The van der Waals surface area contributed by atoms with Crippen LogP contribution in [0.3, 0.4) is 0 Å². The second-order valence-electron chi connectivity index (χ2n) is 4.79. The van der Waals surface area contributed by atoms with Gasteiger partial charge in [-0.05, 0) is 52.7 Å². The first-order chi connectivity index (χ1) is 10.3. The Balaban J connectivity index is 2.31. The van der Waals surface area contributed by atoms with E-state index < -0.39 is 10.0 Å². The van der Waals surface area contributed by atoms with E-state index in [1.165, 1.54) is 0 Å². The van der Waals surface area contributed by atoms with E-state index in [0.717, 1.165) is 10.7 Å². The van der Waals surface area contributed by atoms with Gasteiger partial charge in [-0.25, -0.2) is 8.42 Å². The van der Waals surface area contributed by atoms with Crippen LogP contribution in [-0.2, 0) is 10.0 Å². The average molecular weight is 383 g/mol. The summed E-state index contributed by atoms with van der Waals surface area (Å²) >= 11 is 3.36. The van der Waals surface area contributed by atoms with Gasteiger partial charge in [0.2, 0.25) is 10.0 Å². The van der Waals surface area contributed by atoms with Crippen molar-refractivity contribution >= 4 is 43.2 Å². The first-order valence-electron chi connectivity index (χ1n) is 6.41. The lowest BCUT2D eigenvalue weighted by molar-refractivity contribution is 0.102. The molecule has 0 aliphatic rings. The number of nitrogens with one attached hydrogen (secondary N) is 2. The zero-order chi connectivity index (χ0) is 16.3. The number of rotatable bonds is 4. The van der Waals surface area contributed by atoms with Gasteiger partial charge in [0.15, 0.2) is 0 Å². The Morgan fingerprint density at radius 2 is 1.68 bits per heavy atom. The minimum atomic E-state index is -3.40. The molecule has 0 heterocycles. The average Bonchev–Trinajstić information content (AvgIpc) is 2.42. The predicted octanol–water partition coefficient (Wildman–Crippen LogP) is 3.38. The molecule has 0 radical (unpaired) electrons. The molecule has 2 aromatic carbocycles. The topological polar surface area (TPSA) is 75.3 Å². The number of amides is 1. The molecule has 0 aliphatic carbocycles. The monoisotopic (exact) mass is 382 g/mol. The van der Waals surface area contributed by atoms with Crippen LogP contribution in [-0.4, -0.2) is 20.6 Å². The molecule has 1 amide bonds. The molecule has 0 spiro atoms. The lowest BCUT2D eigenvalue weighted by Gasteiger charge is -2.13. The van der Waals surface area contributed by atoms with Gasteiger partial charge in [0.1, 0.15) is 0 Å². The molecule has 2 aromatic rings.